The topological polar surface area (TPSA) is 35.5 Å². The molecule has 226 valence electrons. The van der Waals surface area contributed by atoms with Gasteiger partial charge in [0.05, 0.1) is 6.61 Å². The van der Waals surface area contributed by atoms with E-state index in [-0.39, 0.29) is 35.5 Å². The number of hydrogen-bond acceptors (Lipinski definition) is 3. The third-order valence-electron chi connectivity index (χ3n) is 7.15. The first-order chi connectivity index (χ1) is 18.2. The number of ether oxygens (including phenoxy) is 2. The van der Waals surface area contributed by atoms with E-state index in [1.165, 1.54) is 148 Å². The van der Waals surface area contributed by atoms with Crippen molar-refractivity contribution in [1.29, 1.82) is 0 Å². The summed E-state index contributed by atoms with van der Waals surface area (Å²) in [5, 5.41) is 0. The van der Waals surface area contributed by atoms with Crippen LogP contribution in [0.3, 0.4) is 0 Å². The summed E-state index contributed by atoms with van der Waals surface area (Å²) < 4.78 is 10.2. The van der Waals surface area contributed by atoms with Crippen molar-refractivity contribution in [3.63, 3.8) is 0 Å². The van der Waals surface area contributed by atoms with Crippen LogP contribution in [0.25, 0.3) is 0 Å². The van der Waals surface area contributed by atoms with Gasteiger partial charge in [-0.15, -0.1) is 0 Å². The molecule has 0 saturated heterocycles. The molecule has 0 aromatic rings. The molecule has 0 bridgehead atoms. The van der Waals surface area contributed by atoms with Crippen LogP contribution in [0, 0.1) is 0 Å². The number of carbonyl (C=O) groups is 1. The number of carbonyl (C=O) groups excluding carboxylic acids is 1. The maximum atomic E-state index is 11.8. The van der Waals surface area contributed by atoms with Gasteiger partial charge in [0.1, 0.15) is 0 Å². The zero-order chi connectivity index (χ0) is 27.5. The van der Waals surface area contributed by atoms with Crippen LogP contribution in [0.15, 0.2) is 0 Å². The van der Waals surface area contributed by atoms with Gasteiger partial charge in [-0.2, -0.15) is 0 Å². The van der Waals surface area contributed by atoms with Crippen LogP contribution in [0.4, 0.5) is 0 Å². The molecule has 0 aromatic carbocycles. The summed E-state index contributed by atoms with van der Waals surface area (Å²) in [6.07, 6.45) is 34.2. The van der Waals surface area contributed by atoms with Crippen LogP contribution in [0.2, 0.25) is 0 Å². The fraction of sp³-hybridized carbons (Fsp3) is 0.971. The quantitative estimate of drug-likeness (QED) is 0.0528. The summed E-state index contributed by atoms with van der Waals surface area (Å²) in [6, 6.07) is 0. The molecular weight excluding hydrogens is 479 g/mol. The van der Waals surface area contributed by atoms with E-state index < -0.39 is 0 Å². The molecule has 38 heavy (non-hydrogen) atoms. The van der Waals surface area contributed by atoms with E-state index >= 15 is 0 Å². The molecule has 0 spiro atoms. The fourth-order valence-electron chi connectivity index (χ4n) is 4.69. The summed E-state index contributed by atoms with van der Waals surface area (Å²) in [5.41, 5.74) is 0. The van der Waals surface area contributed by atoms with Gasteiger partial charge < -0.3 is 9.47 Å². The summed E-state index contributed by atoms with van der Waals surface area (Å²) >= 11 is 0. The van der Waals surface area contributed by atoms with Crippen molar-refractivity contribution >= 4 is 35.5 Å². The second kappa shape index (κ2) is 41.9. The van der Waals surface area contributed by atoms with E-state index in [1.54, 1.807) is 0 Å². The fourth-order valence-corrected chi connectivity index (χ4v) is 4.69. The monoisotopic (exact) mass is 551 g/mol. The van der Waals surface area contributed by atoms with Gasteiger partial charge in [0.25, 0.3) is 0 Å². The van der Waals surface area contributed by atoms with Gasteiger partial charge in [0, 0.05) is 19.6 Å². The van der Waals surface area contributed by atoms with Gasteiger partial charge in [-0.1, -0.05) is 162 Å². The average molecular weight is 551 g/mol. The Morgan fingerprint density at radius 1 is 0.421 bits per heavy atom. The first-order valence-electron chi connectivity index (χ1n) is 17.0. The van der Waals surface area contributed by atoms with Crippen molar-refractivity contribution < 1.29 is 14.3 Å². The Hall–Kier alpha value is 0.430. The standard InChI is InChI=1S/C30H60O2.C4H10O.Na.H/c1-3-5-7-9-11-13-15-16-17-18-19-20-22-24-26-28-30(31)32-29-27-25-23-21-14-12-10-8-6-4-2;1-3-5-4-2;;/h3-29H2,1-2H3;3-4H2,1-2H3;;. The summed E-state index contributed by atoms with van der Waals surface area (Å²) in [6.45, 7) is 10.9. The van der Waals surface area contributed by atoms with E-state index in [0.29, 0.717) is 13.0 Å². The van der Waals surface area contributed by atoms with Gasteiger partial charge in [-0.3, -0.25) is 4.79 Å². The SMILES string of the molecule is CCCCCCCCCCCCCCCCCC(=O)OCCCCCCCCCCCC.CCOCC.[NaH]. The van der Waals surface area contributed by atoms with E-state index in [2.05, 4.69) is 13.8 Å². The average Bonchev–Trinajstić information content (AvgIpc) is 2.90. The molecule has 4 heteroatoms. The molecule has 0 saturated carbocycles. The van der Waals surface area contributed by atoms with Gasteiger partial charge in [0.2, 0.25) is 0 Å². The molecule has 0 N–H and O–H groups in total. The molecule has 0 aliphatic rings. The first kappa shape index (κ1) is 42.9. The molecule has 0 unspecified atom stereocenters. The zero-order valence-electron chi connectivity index (χ0n) is 26.2. The van der Waals surface area contributed by atoms with Crippen LogP contribution in [0.1, 0.15) is 195 Å². The van der Waals surface area contributed by atoms with Gasteiger partial charge >= 0.3 is 35.5 Å². The Morgan fingerprint density at radius 3 is 1.00 bits per heavy atom. The van der Waals surface area contributed by atoms with Gasteiger partial charge in [-0.25, -0.2) is 0 Å². The molecule has 0 amide bonds. The Kier molecular flexibility index (Phi) is 47.3. The molecule has 0 aliphatic heterocycles. The van der Waals surface area contributed by atoms with Crippen LogP contribution in [0.5, 0.6) is 0 Å². The third-order valence-corrected chi connectivity index (χ3v) is 7.15. The second-order valence-electron chi connectivity index (χ2n) is 10.9. The molecule has 0 rings (SSSR count). The van der Waals surface area contributed by atoms with Crippen LogP contribution >= 0.6 is 0 Å². The van der Waals surface area contributed by atoms with Crippen molar-refractivity contribution in [1.82, 2.24) is 0 Å². The van der Waals surface area contributed by atoms with E-state index in [4.69, 9.17) is 9.47 Å². The van der Waals surface area contributed by atoms with Crippen LogP contribution in [-0.2, 0) is 14.3 Å². The predicted molar refractivity (Wildman–Crippen MR) is 172 cm³/mol. The number of hydrogen-bond donors (Lipinski definition) is 0. The van der Waals surface area contributed by atoms with E-state index in [1.807, 2.05) is 13.8 Å². The summed E-state index contributed by atoms with van der Waals surface area (Å²) in [5.74, 6) is 0.0237. The first-order valence-corrected chi connectivity index (χ1v) is 17.0. The minimum absolute atomic E-state index is 0. The molecule has 0 atom stereocenters. The molecule has 0 radical (unpaired) electrons. The van der Waals surface area contributed by atoms with E-state index in [0.717, 1.165) is 26.1 Å². The van der Waals surface area contributed by atoms with Crippen LogP contribution < -0.4 is 0 Å². The molecule has 3 nitrogen and oxygen atoms in total. The molecule has 0 aromatic heterocycles. The Morgan fingerprint density at radius 2 is 0.711 bits per heavy atom. The molecule has 0 fully saturated rings. The molecular formula is C34H71NaO3. The summed E-state index contributed by atoms with van der Waals surface area (Å²) in [4.78, 5) is 11.8. The number of rotatable bonds is 29. The Labute approximate surface area is 263 Å². The van der Waals surface area contributed by atoms with Gasteiger partial charge in [0.15, 0.2) is 0 Å². The second-order valence-corrected chi connectivity index (χ2v) is 10.9. The van der Waals surface area contributed by atoms with Crippen molar-refractivity contribution in [2.75, 3.05) is 19.8 Å². The third kappa shape index (κ3) is 43.5. The maximum absolute atomic E-state index is 11.8. The Balaban J connectivity index is -0.00000185. The Bertz CT molecular complexity index is 401. The molecule has 0 heterocycles. The normalized spacial score (nSPS) is 10.5. The summed E-state index contributed by atoms with van der Waals surface area (Å²) in [7, 11) is 0. The van der Waals surface area contributed by atoms with Gasteiger partial charge in [-0.05, 0) is 26.7 Å². The van der Waals surface area contributed by atoms with Crippen molar-refractivity contribution in [3.8, 4) is 0 Å². The zero-order valence-corrected chi connectivity index (χ0v) is 26.2. The van der Waals surface area contributed by atoms with Crippen molar-refractivity contribution in [2.45, 2.75) is 195 Å². The number of unbranched alkanes of at least 4 members (excludes halogenated alkanes) is 23. The predicted octanol–water partition coefficient (Wildman–Crippen LogP) is 11.1. The number of esters is 1. The minimum atomic E-state index is 0. The van der Waals surface area contributed by atoms with E-state index in [9.17, 15) is 4.79 Å². The van der Waals surface area contributed by atoms with Crippen LogP contribution in [-0.4, -0.2) is 55.3 Å². The molecule has 0 aliphatic carbocycles. The van der Waals surface area contributed by atoms with Crippen molar-refractivity contribution in [2.24, 2.45) is 0 Å². The van der Waals surface area contributed by atoms with Crippen molar-refractivity contribution in [3.05, 3.63) is 0 Å².